The lowest BCUT2D eigenvalue weighted by Gasteiger charge is -1.98. The minimum atomic E-state index is 0.243. The molecule has 0 atom stereocenters. The standard InChI is InChI=1S/C9H7ClN2O/c10-8-3-1-2-7-6-11-12(4-5-13)9(7)8/h1-3,5-6H,4H2. The average Bonchev–Trinajstić information content (AvgIpc) is 2.51. The molecule has 0 radical (unpaired) electrons. The highest BCUT2D eigenvalue weighted by molar-refractivity contribution is 6.35. The fourth-order valence-electron chi connectivity index (χ4n) is 1.31. The lowest BCUT2D eigenvalue weighted by molar-refractivity contribution is -0.108. The van der Waals surface area contributed by atoms with Gasteiger partial charge in [0.2, 0.25) is 0 Å². The maximum Gasteiger partial charge on any atom is 0.141 e. The Morgan fingerprint density at radius 2 is 2.38 bits per heavy atom. The third-order valence-corrected chi connectivity index (χ3v) is 2.16. The molecule has 0 saturated carbocycles. The predicted octanol–water partition coefficient (Wildman–Crippen LogP) is 1.89. The molecule has 0 aliphatic heterocycles. The molecule has 1 aromatic heterocycles. The molecule has 0 N–H and O–H groups in total. The Bertz CT molecular complexity index is 450. The molecule has 0 unspecified atom stereocenters. The van der Waals surface area contributed by atoms with Gasteiger partial charge in [0.15, 0.2) is 0 Å². The summed E-state index contributed by atoms with van der Waals surface area (Å²) >= 11 is 5.96. The summed E-state index contributed by atoms with van der Waals surface area (Å²) in [5, 5.41) is 5.62. The van der Waals surface area contributed by atoms with Crippen molar-refractivity contribution in [1.29, 1.82) is 0 Å². The number of aldehydes is 1. The highest BCUT2D eigenvalue weighted by atomic mass is 35.5. The third-order valence-electron chi connectivity index (χ3n) is 1.86. The summed E-state index contributed by atoms with van der Waals surface area (Å²) in [7, 11) is 0. The first kappa shape index (κ1) is 8.26. The number of rotatable bonds is 2. The molecule has 2 rings (SSSR count). The maximum atomic E-state index is 10.3. The summed E-state index contributed by atoms with van der Waals surface area (Å²) in [5.41, 5.74) is 0.816. The Hall–Kier alpha value is -1.35. The van der Waals surface area contributed by atoms with E-state index in [0.717, 1.165) is 17.2 Å². The van der Waals surface area contributed by atoms with Gasteiger partial charge in [-0.3, -0.25) is 4.68 Å². The molecule has 66 valence electrons. The van der Waals surface area contributed by atoms with E-state index in [1.165, 1.54) is 0 Å². The first-order chi connectivity index (χ1) is 6.33. The van der Waals surface area contributed by atoms with Crippen molar-refractivity contribution in [3.05, 3.63) is 29.4 Å². The summed E-state index contributed by atoms with van der Waals surface area (Å²) in [6, 6.07) is 5.56. The summed E-state index contributed by atoms with van der Waals surface area (Å²) in [6.45, 7) is 0.243. The van der Waals surface area contributed by atoms with E-state index in [4.69, 9.17) is 11.6 Å². The fourth-order valence-corrected chi connectivity index (χ4v) is 1.59. The number of hydrogen-bond acceptors (Lipinski definition) is 2. The molecule has 2 aromatic rings. The normalized spacial score (nSPS) is 10.5. The van der Waals surface area contributed by atoms with Gasteiger partial charge in [0.05, 0.1) is 23.3 Å². The number of carbonyl (C=O) groups is 1. The summed E-state index contributed by atoms with van der Waals surface area (Å²) < 4.78 is 1.59. The summed E-state index contributed by atoms with van der Waals surface area (Å²) in [4.78, 5) is 10.3. The fraction of sp³-hybridized carbons (Fsp3) is 0.111. The van der Waals surface area contributed by atoms with Crippen LogP contribution in [0.25, 0.3) is 10.9 Å². The van der Waals surface area contributed by atoms with Crippen LogP contribution in [0.2, 0.25) is 5.02 Å². The van der Waals surface area contributed by atoms with Crippen molar-refractivity contribution in [3.8, 4) is 0 Å². The third kappa shape index (κ3) is 1.31. The van der Waals surface area contributed by atoms with E-state index in [0.29, 0.717) is 5.02 Å². The molecule has 0 aliphatic carbocycles. The van der Waals surface area contributed by atoms with Gasteiger partial charge >= 0.3 is 0 Å². The zero-order valence-corrected chi connectivity index (χ0v) is 7.53. The minimum absolute atomic E-state index is 0.243. The molecule has 4 heteroatoms. The van der Waals surface area contributed by atoms with Crippen LogP contribution < -0.4 is 0 Å². The Morgan fingerprint density at radius 3 is 3.15 bits per heavy atom. The Kier molecular flexibility index (Phi) is 2.02. The molecular weight excluding hydrogens is 188 g/mol. The quantitative estimate of drug-likeness (QED) is 0.685. The van der Waals surface area contributed by atoms with Crippen molar-refractivity contribution >= 4 is 28.8 Å². The van der Waals surface area contributed by atoms with Crippen LogP contribution in [0.4, 0.5) is 0 Å². The van der Waals surface area contributed by atoms with E-state index in [-0.39, 0.29) is 6.54 Å². The maximum absolute atomic E-state index is 10.3. The number of fused-ring (bicyclic) bond motifs is 1. The van der Waals surface area contributed by atoms with E-state index < -0.39 is 0 Å². The lowest BCUT2D eigenvalue weighted by atomic mass is 10.2. The average molecular weight is 195 g/mol. The largest absolute Gasteiger partial charge is 0.301 e. The van der Waals surface area contributed by atoms with Crippen LogP contribution in [0.5, 0.6) is 0 Å². The second-order valence-electron chi connectivity index (χ2n) is 2.67. The monoisotopic (exact) mass is 194 g/mol. The van der Waals surface area contributed by atoms with Crippen LogP contribution in [-0.2, 0) is 11.3 Å². The summed E-state index contributed by atoms with van der Waals surface area (Å²) in [6.07, 6.45) is 2.50. The zero-order chi connectivity index (χ0) is 9.26. The van der Waals surface area contributed by atoms with Crippen molar-refractivity contribution in [2.75, 3.05) is 0 Å². The van der Waals surface area contributed by atoms with Gasteiger partial charge in [-0.25, -0.2) is 0 Å². The summed E-state index contributed by atoms with van der Waals surface area (Å²) in [5.74, 6) is 0. The molecule has 1 heterocycles. The zero-order valence-electron chi connectivity index (χ0n) is 6.77. The van der Waals surface area contributed by atoms with Gasteiger partial charge in [-0.15, -0.1) is 0 Å². The number of halogens is 1. The van der Waals surface area contributed by atoms with E-state index in [1.807, 2.05) is 12.1 Å². The molecule has 0 aliphatic rings. The van der Waals surface area contributed by atoms with Crippen LogP contribution >= 0.6 is 11.6 Å². The molecule has 0 amide bonds. The van der Waals surface area contributed by atoms with Gasteiger partial charge in [0, 0.05) is 5.39 Å². The van der Waals surface area contributed by atoms with Crippen LogP contribution in [0.15, 0.2) is 24.4 Å². The number of hydrogen-bond donors (Lipinski definition) is 0. The molecule has 13 heavy (non-hydrogen) atoms. The molecule has 1 aromatic carbocycles. The Balaban J connectivity index is 2.70. The van der Waals surface area contributed by atoms with Gasteiger partial charge in [-0.05, 0) is 6.07 Å². The van der Waals surface area contributed by atoms with Gasteiger partial charge in [-0.2, -0.15) is 5.10 Å². The number of para-hydroxylation sites is 1. The molecule has 0 fully saturated rings. The number of aromatic nitrogens is 2. The van der Waals surface area contributed by atoms with E-state index in [1.54, 1.807) is 16.9 Å². The number of carbonyl (C=O) groups excluding carboxylic acids is 1. The SMILES string of the molecule is O=CCn1ncc2cccc(Cl)c21. The first-order valence-electron chi connectivity index (χ1n) is 3.86. The van der Waals surface area contributed by atoms with Crippen LogP contribution in [0.3, 0.4) is 0 Å². The smallest absolute Gasteiger partial charge is 0.141 e. The van der Waals surface area contributed by atoms with Crippen LogP contribution in [-0.4, -0.2) is 16.1 Å². The van der Waals surface area contributed by atoms with Crippen molar-refractivity contribution in [2.24, 2.45) is 0 Å². The van der Waals surface area contributed by atoms with Gasteiger partial charge in [0.1, 0.15) is 6.29 Å². The Labute approximate surface area is 79.9 Å². The van der Waals surface area contributed by atoms with Gasteiger partial charge in [0.25, 0.3) is 0 Å². The second-order valence-corrected chi connectivity index (χ2v) is 3.08. The molecule has 3 nitrogen and oxygen atoms in total. The van der Waals surface area contributed by atoms with E-state index in [9.17, 15) is 4.79 Å². The Morgan fingerprint density at radius 1 is 1.54 bits per heavy atom. The lowest BCUT2D eigenvalue weighted by Crippen LogP contribution is -2.00. The topological polar surface area (TPSA) is 34.9 Å². The van der Waals surface area contributed by atoms with Gasteiger partial charge in [-0.1, -0.05) is 23.7 Å². The van der Waals surface area contributed by atoms with Gasteiger partial charge < -0.3 is 4.79 Å². The van der Waals surface area contributed by atoms with Crippen LogP contribution in [0, 0.1) is 0 Å². The highest BCUT2D eigenvalue weighted by Crippen LogP contribution is 2.22. The number of nitrogens with zero attached hydrogens (tertiary/aromatic N) is 2. The van der Waals surface area contributed by atoms with E-state index in [2.05, 4.69) is 5.10 Å². The number of benzene rings is 1. The van der Waals surface area contributed by atoms with Crippen molar-refractivity contribution in [3.63, 3.8) is 0 Å². The minimum Gasteiger partial charge on any atom is -0.301 e. The molecule has 0 spiro atoms. The molecule has 0 saturated heterocycles. The molecular formula is C9H7ClN2O. The van der Waals surface area contributed by atoms with Crippen molar-refractivity contribution < 1.29 is 4.79 Å². The highest BCUT2D eigenvalue weighted by Gasteiger charge is 2.04. The van der Waals surface area contributed by atoms with Crippen molar-refractivity contribution in [1.82, 2.24) is 9.78 Å². The first-order valence-corrected chi connectivity index (χ1v) is 4.24. The van der Waals surface area contributed by atoms with Crippen molar-refractivity contribution in [2.45, 2.75) is 6.54 Å². The second kappa shape index (κ2) is 3.18. The predicted molar refractivity (Wildman–Crippen MR) is 50.8 cm³/mol. The van der Waals surface area contributed by atoms with E-state index >= 15 is 0 Å². The molecule has 0 bridgehead atoms. The van der Waals surface area contributed by atoms with Crippen LogP contribution in [0.1, 0.15) is 0 Å².